The van der Waals surface area contributed by atoms with E-state index in [-0.39, 0.29) is 5.91 Å². The van der Waals surface area contributed by atoms with Gasteiger partial charge in [0.05, 0.1) is 11.8 Å². The van der Waals surface area contributed by atoms with Gasteiger partial charge in [-0.1, -0.05) is 54.1 Å². The highest BCUT2D eigenvalue weighted by atomic mass is 79.9. The van der Waals surface area contributed by atoms with E-state index in [1.165, 1.54) is 11.8 Å². The molecule has 7 heteroatoms. The third-order valence-electron chi connectivity index (χ3n) is 4.67. The van der Waals surface area contributed by atoms with Crippen molar-refractivity contribution in [3.8, 4) is 5.75 Å². The third kappa shape index (κ3) is 6.52. The van der Waals surface area contributed by atoms with Crippen molar-refractivity contribution in [2.45, 2.75) is 26.5 Å². The number of aryl methyl sites for hydroxylation is 1. The van der Waals surface area contributed by atoms with Crippen molar-refractivity contribution in [1.82, 2.24) is 10.7 Å². The average Bonchev–Trinajstić information content (AvgIpc) is 2.79. The predicted molar refractivity (Wildman–Crippen MR) is 129 cm³/mol. The molecule has 2 amide bonds. The summed E-state index contributed by atoms with van der Waals surface area (Å²) < 4.78 is 6.57. The molecule has 0 saturated heterocycles. The zero-order valence-electron chi connectivity index (χ0n) is 17.8. The molecule has 1 atom stereocenters. The molecule has 0 spiro atoms. The minimum Gasteiger partial charge on any atom is -0.488 e. The molecule has 0 radical (unpaired) electrons. The van der Waals surface area contributed by atoms with E-state index in [9.17, 15) is 9.59 Å². The topological polar surface area (TPSA) is 79.8 Å². The van der Waals surface area contributed by atoms with Crippen molar-refractivity contribution in [2.24, 2.45) is 5.10 Å². The van der Waals surface area contributed by atoms with Crippen LogP contribution in [0.5, 0.6) is 5.75 Å². The van der Waals surface area contributed by atoms with Crippen LogP contribution in [-0.2, 0) is 11.4 Å². The van der Waals surface area contributed by atoms with Crippen LogP contribution in [0.25, 0.3) is 0 Å². The van der Waals surface area contributed by atoms with Crippen LogP contribution in [0, 0.1) is 6.92 Å². The Bertz CT molecular complexity index is 1110. The standard InChI is InChI=1S/C25H24BrN3O3/c1-17-11-13-19(14-12-17)16-32-23-10-6-3-7-20(23)15-27-29-24(30)18(2)28-25(31)21-8-4-5-9-22(21)26/h3-15,18H,16H2,1-2H3,(H,28,31)(H,29,30). The second-order valence-electron chi connectivity index (χ2n) is 7.22. The number of hydrogen-bond acceptors (Lipinski definition) is 4. The maximum absolute atomic E-state index is 12.4. The summed E-state index contributed by atoms with van der Waals surface area (Å²) in [5, 5.41) is 6.68. The fourth-order valence-electron chi connectivity index (χ4n) is 2.81. The molecule has 0 aliphatic carbocycles. The number of nitrogens with one attached hydrogen (secondary N) is 2. The van der Waals surface area contributed by atoms with Crippen molar-refractivity contribution >= 4 is 34.0 Å². The summed E-state index contributed by atoms with van der Waals surface area (Å²) in [6, 6.07) is 21.8. The van der Waals surface area contributed by atoms with Gasteiger partial charge in [-0.15, -0.1) is 0 Å². The molecule has 3 aromatic rings. The van der Waals surface area contributed by atoms with E-state index in [1.807, 2.05) is 61.5 Å². The molecule has 32 heavy (non-hydrogen) atoms. The molecule has 3 aromatic carbocycles. The lowest BCUT2D eigenvalue weighted by Gasteiger charge is -2.13. The molecule has 0 aliphatic rings. The zero-order valence-corrected chi connectivity index (χ0v) is 19.4. The van der Waals surface area contributed by atoms with E-state index in [0.717, 1.165) is 11.1 Å². The van der Waals surface area contributed by atoms with E-state index in [4.69, 9.17) is 4.74 Å². The summed E-state index contributed by atoms with van der Waals surface area (Å²) in [5.41, 5.74) is 5.89. The minimum absolute atomic E-state index is 0.348. The molecule has 1 unspecified atom stereocenters. The number of ether oxygens (including phenoxy) is 1. The molecule has 0 heterocycles. The van der Waals surface area contributed by atoms with Gasteiger partial charge in [-0.3, -0.25) is 9.59 Å². The molecule has 0 aromatic heterocycles. The van der Waals surface area contributed by atoms with Gasteiger partial charge >= 0.3 is 0 Å². The highest BCUT2D eigenvalue weighted by Crippen LogP contribution is 2.18. The van der Waals surface area contributed by atoms with Gasteiger partial charge in [0, 0.05) is 10.0 Å². The molecular weight excluding hydrogens is 470 g/mol. The first-order valence-corrected chi connectivity index (χ1v) is 10.9. The number of halogens is 1. The van der Waals surface area contributed by atoms with E-state index < -0.39 is 11.9 Å². The summed E-state index contributed by atoms with van der Waals surface area (Å²) in [4.78, 5) is 24.7. The highest BCUT2D eigenvalue weighted by Gasteiger charge is 2.17. The smallest absolute Gasteiger partial charge is 0.262 e. The Kier molecular flexibility index (Phi) is 8.16. The van der Waals surface area contributed by atoms with Crippen molar-refractivity contribution in [3.05, 3.63) is 99.5 Å². The Balaban J connectivity index is 1.56. The number of amides is 2. The number of rotatable bonds is 8. The Labute approximate surface area is 195 Å². The number of carbonyl (C=O) groups excluding carboxylic acids is 2. The number of para-hydroxylation sites is 1. The van der Waals surface area contributed by atoms with Crippen molar-refractivity contribution in [1.29, 1.82) is 0 Å². The van der Waals surface area contributed by atoms with Crippen LogP contribution < -0.4 is 15.5 Å². The second kappa shape index (κ2) is 11.2. The van der Waals surface area contributed by atoms with Crippen LogP contribution in [0.1, 0.15) is 34.0 Å². The predicted octanol–water partition coefficient (Wildman–Crippen LogP) is 4.61. The van der Waals surface area contributed by atoms with Gasteiger partial charge in [0.15, 0.2) is 0 Å². The molecule has 6 nitrogen and oxygen atoms in total. The lowest BCUT2D eigenvalue weighted by molar-refractivity contribution is -0.122. The van der Waals surface area contributed by atoms with Gasteiger partial charge in [-0.05, 0) is 59.6 Å². The Hall–Kier alpha value is -3.45. The van der Waals surface area contributed by atoms with Crippen LogP contribution >= 0.6 is 15.9 Å². The third-order valence-corrected chi connectivity index (χ3v) is 5.36. The average molecular weight is 494 g/mol. The summed E-state index contributed by atoms with van der Waals surface area (Å²) in [6.07, 6.45) is 1.52. The molecule has 0 aliphatic heterocycles. The van der Waals surface area contributed by atoms with E-state index in [1.54, 1.807) is 25.1 Å². The first-order valence-electron chi connectivity index (χ1n) is 10.1. The quantitative estimate of drug-likeness (QED) is 0.355. The molecule has 164 valence electrons. The lowest BCUT2D eigenvalue weighted by atomic mass is 10.1. The van der Waals surface area contributed by atoms with Gasteiger partial charge in [0.25, 0.3) is 11.8 Å². The van der Waals surface area contributed by atoms with Crippen LogP contribution in [0.3, 0.4) is 0 Å². The van der Waals surface area contributed by atoms with Crippen molar-refractivity contribution < 1.29 is 14.3 Å². The fraction of sp³-hybridized carbons (Fsp3) is 0.160. The number of nitrogens with zero attached hydrogens (tertiary/aromatic N) is 1. The Morgan fingerprint density at radius 1 is 1.03 bits per heavy atom. The molecule has 2 N–H and O–H groups in total. The summed E-state index contributed by atoms with van der Waals surface area (Å²) >= 11 is 3.33. The van der Waals surface area contributed by atoms with Gasteiger partial charge in [-0.25, -0.2) is 5.43 Å². The normalized spacial score (nSPS) is 11.7. The number of benzene rings is 3. The van der Waals surface area contributed by atoms with Crippen LogP contribution in [0.15, 0.2) is 82.4 Å². The molecule has 0 bridgehead atoms. The van der Waals surface area contributed by atoms with E-state index >= 15 is 0 Å². The maximum Gasteiger partial charge on any atom is 0.262 e. The first kappa shape index (κ1) is 23.2. The van der Waals surface area contributed by atoms with Crippen LogP contribution in [-0.4, -0.2) is 24.1 Å². The zero-order chi connectivity index (χ0) is 22.9. The Morgan fingerprint density at radius 2 is 1.72 bits per heavy atom. The first-order chi connectivity index (χ1) is 15.4. The molecule has 0 fully saturated rings. The largest absolute Gasteiger partial charge is 0.488 e. The van der Waals surface area contributed by atoms with Gasteiger partial charge in [0.1, 0.15) is 18.4 Å². The monoisotopic (exact) mass is 493 g/mol. The highest BCUT2D eigenvalue weighted by molar-refractivity contribution is 9.10. The van der Waals surface area contributed by atoms with Gasteiger partial charge in [-0.2, -0.15) is 5.10 Å². The van der Waals surface area contributed by atoms with Crippen molar-refractivity contribution in [3.63, 3.8) is 0 Å². The second-order valence-corrected chi connectivity index (χ2v) is 8.08. The lowest BCUT2D eigenvalue weighted by Crippen LogP contribution is -2.43. The molecule has 0 saturated carbocycles. The summed E-state index contributed by atoms with van der Waals surface area (Å²) in [5.74, 6) is -0.125. The van der Waals surface area contributed by atoms with Gasteiger partial charge < -0.3 is 10.1 Å². The maximum atomic E-state index is 12.4. The van der Waals surface area contributed by atoms with Crippen molar-refractivity contribution in [2.75, 3.05) is 0 Å². The number of carbonyl (C=O) groups is 2. The SMILES string of the molecule is Cc1ccc(COc2ccccc2C=NNC(=O)C(C)NC(=O)c2ccccc2Br)cc1. The van der Waals surface area contributed by atoms with E-state index in [0.29, 0.717) is 22.4 Å². The fourth-order valence-corrected chi connectivity index (χ4v) is 3.28. The van der Waals surface area contributed by atoms with Crippen LogP contribution in [0.2, 0.25) is 0 Å². The summed E-state index contributed by atoms with van der Waals surface area (Å²) in [7, 11) is 0. The van der Waals surface area contributed by atoms with Gasteiger partial charge in [0.2, 0.25) is 0 Å². The Morgan fingerprint density at radius 3 is 2.47 bits per heavy atom. The minimum atomic E-state index is -0.764. The molecule has 3 rings (SSSR count). The number of hydrogen-bond donors (Lipinski definition) is 2. The van der Waals surface area contributed by atoms with E-state index in [2.05, 4.69) is 31.8 Å². The summed E-state index contributed by atoms with van der Waals surface area (Å²) in [6.45, 7) is 4.06. The van der Waals surface area contributed by atoms with Crippen LogP contribution in [0.4, 0.5) is 0 Å². The molecular formula is C25H24BrN3O3. The number of hydrazone groups is 1.